The molecule has 0 amide bonds. The zero-order chi connectivity index (χ0) is 12.2. The van der Waals surface area contributed by atoms with E-state index in [0.29, 0.717) is 0 Å². The zero-order valence-electron chi connectivity index (χ0n) is 8.24. The summed E-state index contributed by atoms with van der Waals surface area (Å²) in [6.07, 6.45) is -5.41. The lowest BCUT2D eigenvalue weighted by Gasteiger charge is -2.11. The molecule has 1 atom stereocenters. The maximum atomic E-state index is 12.2. The second-order valence-corrected chi connectivity index (χ2v) is 3.17. The van der Waals surface area contributed by atoms with Gasteiger partial charge in [-0.25, -0.2) is 0 Å². The molecular weight excluding hydrogens is 225 g/mol. The van der Waals surface area contributed by atoms with Crippen LogP contribution in [-0.2, 0) is 6.18 Å². The molecule has 0 aliphatic rings. The third kappa shape index (κ3) is 3.71. The Hall–Kier alpha value is -1.27. The van der Waals surface area contributed by atoms with Crippen molar-refractivity contribution in [2.45, 2.75) is 12.3 Å². The number of hydrogen-bond donors (Lipinski definition) is 2. The molecule has 16 heavy (non-hydrogen) atoms. The summed E-state index contributed by atoms with van der Waals surface area (Å²) < 4.78 is 41.5. The summed E-state index contributed by atoms with van der Waals surface area (Å²) >= 11 is 0. The molecule has 0 heterocycles. The minimum absolute atomic E-state index is 0.165. The van der Waals surface area contributed by atoms with Gasteiger partial charge in [-0.2, -0.15) is 13.2 Å². The molecule has 3 nitrogen and oxygen atoms in total. The Morgan fingerprint density at radius 3 is 2.19 bits per heavy atom. The molecule has 1 aromatic carbocycles. The summed E-state index contributed by atoms with van der Waals surface area (Å²) in [6.45, 7) is -0.623. The third-order valence-corrected chi connectivity index (χ3v) is 1.83. The van der Waals surface area contributed by atoms with Crippen LogP contribution in [-0.4, -0.2) is 29.5 Å². The molecule has 0 spiro atoms. The van der Waals surface area contributed by atoms with E-state index in [-0.39, 0.29) is 12.4 Å². The van der Waals surface area contributed by atoms with Crippen molar-refractivity contribution < 1.29 is 28.1 Å². The number of halogens is 3. The van der Waals surface area contributed by atoms with Crippen molar-refractivity contribution in [1.82, 2.24) is 0 Å². The van der Waals surface area contributed by atoms with Crippen molar-refractivity contribution in [2.24, 2.45) is 0 Å². The van der Waals surface area contributed by atoms with Crippen molar-refractivity contribution in [3.05, 3.63) is 29.8 Å². The molecule has 1 rings (SSSR count). The van der Waals surface area contributed by atoms with E-state index in [0.717, 1.165) is 24.3 Å². The summed E-state index contributed by atoms with van der Waals surface area (Å²) in [7, 11) is 0. The first-order chi connectivity index (χ1) is 7.43. The van der Waals surface area contributed by atoms with Gasteiger partial charge in [-0.3, -0.25) is 0 Å². The summed E-state index contributed by atoms with van der Waals surface area (Å²) in [4.78, 5) is 0. The number of rotatable bonds is 4. The molecule has 0 aliphatic heterocycles. The highest BCUT2D eigenvalue weighted by atomic mass is 19.4. The van der Waals surface area contributed by atoms with Crippen LogP contribution in [0.25, 0.3) is 0 Å². The van der Waals surface area contributed by atoms with Gasteiger partial charge in [0.1, 0.15) is 18.5 Å². The Morgan fingerprint density at radius 1 is 1.19 bits per heavy atom. The second-order valence-electron chi connectivity index (χ2n) is 3.17. The Bertz CT molecular complexity index is 321. The Balaban J connectivity index is 2.58. The molecule has 0 saturated carbocycles. The van der Waals surface area contributed by atoms with Gasteiger partial charge in [-0.05, 0) is 24.3 Å². The molecule has 0 saturated heterocycles. The fourth-order valence-corrected chi connectivity index (χ4v) is 0.985. The van der Waals surface area contributed by atoms with E-state index in [1.165, 1.54) is 0 Å². The van der Waals surface area contributed by atoms with Crippen LogP contribution in [0, 0.1) is 0 Å². The minimum atomic E-state index is -4.37. The number of benzene rings is 1. The molecule has 0 bridgehead atoms. The number of aliphatic hydroxyl groups is 2. The van der Waals surface area contributed by atoms with Gasteiger partial charge >= 0.3 is 6.18 Å². The van der Waals surface area contributed by atoms with E-state index in [4.69, 9.17) is 14.9 Å². The molecule has 0 aromatic heterocycles. The van der Waals surface area contributed by atoms with Gasteiger partial charge in [0.05, 0.1) is 12.2 Å². The van der Waals surface area contributed by atoms with Crippen molar-refractivity contribution in [2.75, 3.05) is 13.2 Å². The van der Waals surface area contributed by atoms with Crippen LogP contribution in [0.2, 0.25) is 0 Å². The minimum Gasteiger partial charge on any atom is -0.491 e. The van der Waals surface area contributed by atoms with Crippen molar-refractivity contribution in [3.63, 3.8) is 0 Å². The van der Waals surface area contributed by atoms with Gasteiger partial charge < -0.3 is 14.9 Å². The summed E-state index contributed by atoms with van der Waals surface area (Å²) in [5.74, 6) is 0.209. The van der Waals surface area contributed by atoms with Crippen LogP contribution >= 0.6 is 0 Å². The van der Waals surface area contributed by atoms with Gasteiger partial charge in [-0.1, -0.05) is 0 Å². The number of hydrogen-bond acceptors (Lipinski definition) is 3. The first-order valence-corrected chi connectivity index (χ1v) is 4.52. The number of alkyl halides is 3. The van der Waals surface area contributed by atoms with Gasteiger partial charge in [0, 0.05) is 0 Å². The smallest absolute Gasteiger partial charge is 0.416 e. The predicted molar refractivity (Wildman–Crippen MR) is 50.0 cm³/mol. The van der Waals surface area contributed by atoms with Crippen LogP contribution in [0.15, 0.2) is 24.3 Å². The first-order valence-electron chi connectivity index (χ1n) is 4.52. The van der Waals surface area contributed by atoms with Gasteiger partial charge in [0.2, 0.25) is 0 Å². The highest BCUT2D eigenvalue weighted by Crippen LogP contribution is 2.30. The monoisotopic (exact) mass is 236 g/mol. The fraction of sp³-hybridized carbons (Fsp3) is 0.400. The van der Waals surface area contributed by atoms with Crippen molar-refractivity contribution in [1.29, 1.82) is 0 Å². The lowest BCUT2D eigenvalue weighted by atomic mass is 10.2. The van der Waals surface area contributed by atoms with Crippen LogP contribution in [0.4, 0.5) is 13.2 Å². The Kier molecular flexibility index (Phi) is 4.14. The summed E-state index contributed by atoms with van der Waals surface area (Å²) in [5.41, 5.74) is -0.762. The second kappa shape index (κ2) is 5.18. The molecule has 1 unspecified atom stereocenters. The highest BCUT2D eigenvalue weighted by molar-refractivity contribution is 5.28. The van der Waals surface area contributed by atoms with Gasteiger partial charge in [0.25, 0.3) is 0 Å². The van der Waals surface area contributed by atoms with Gasteiger partial charge in [0.15, 0.2) is 0 Å². The molecule has 1 aromatic rings. The largest absolute Gasteiger partial charge is 0.491 e. The van der Waals surface area contributed by atoms with E-state index in [9.17, 15) is 13.2 Å². The topological polar surface area (TPSA) is 49.7 Å². The maximum absolute atomic E-state index is 12.2. The van der Waals surface area contributed by atoms with Gasteiger partial charge in [-0.15, -0.1) is 0 Å². The molecule has 0 fully saturated rings. The van der Waals surface area contributed by atoms with Crippen molar-refractivity contribution >= 4 is 0 Å². The highest BCUT2D eigenvalue weighted by Gasteiger charge is 2.29. The maximum Gasteiger partial charge on any atom is 0.416 e. The van der Waals surface area contributed by atoms with E-state index in [1.807, 2.05) is 0 Å². The fourth-order valence-electron chi connectivity index (χ4n) is 0.985. The average Bonchev–Trinajstić information content (AvgIpc) is 2.25. The standard InChI is InChI=1S/C10H11F3O3/c11-10(12,13)7-1-3-9(4-2-7)16-6-8(15)5-14/h1-4,8,14-15H,5-6H2. The Morgan fingerprint density at radius 2 is 1.75 bits per heavy atom. The summed E-state index contributed by atoms with van der Waals surface area (Å²) in [6, 6.07) is 4.10. The lowest BCUT2D eigenvalue weighted by Crippen LogP contribution is -2.21. The molecule has 2 N–H and O–H groups in total. The normalized spacial score (nSPS) is 13.6. The predicted octanol–water partition coefficient (Wildman–Crippen LogP) is 1.44. The van der Waals surface area contributed by atoms with E-state index in [1.54, 1.807) is 0 Å². The average molecular weight is 236 g/mol. The SMILES string of the molecule is OCC(O)COc1ccc(C(F)(F)F)cc1. The van der Waals surface area contributed by atoms with E-state index < -0.39 is 24.5 Å². The quantitative estimate of drug-likeness (QED) is 0.831. The van der Waals surface area contributed by atoms with E-state index in [2.05, 4.69) is 0 Å². The lowest BCUT2D eigenvalue weighted by molar-refractivity contribution is -0.137. The van der Waals surface area contributed by atoms with Crippen LogP contribution in [0.5, 0.6) is 5.75 Å². The number of ether oxygens (including phenoxy) is 1. The molecule has 0 radical (unpaired) electrons. The molecule has 0 aliphatic carbocycles. The molecule has 6 heteroatoms. The number of aliphatic hydroxyl groups excluding tert-OH is 2. The molecule has 90 valence electrons. The Labute approximate surface area is 90.1 Å². The zero-order valence-corrected chi connectivity index (χ0v) is 8.24. The van der Waals surface area contributed by atoms with Crippen molar-refractivity contribution in [3.8, 4) is 5.75 Å². The first kappa shape index (κ1) is 12.8. The van der Waals surface area contributed by atoms with Crippen LogP contribution < -0.4 is 4.74 Å². The third-order valence-electron chi connectivity index (χ3n) is 1.83. The van der Waals surface area contributed by atoms with E-state index >= 15 is 0 Å². The summed E-state index contributed by atoms with van der Waals surface area (Å²) in [5, 5.41) is 17.4. The molecular formula is C10H11F3O3. The van der Waals surface area contributed by atoms with Crippen LogP contribution in [0.1, 0.15) is 5.56 Å². The van der Waals surface area contributed by atoms with Crippen LogP contribution in [0.3, 0.4) is 0 Å².